The molecule has 0 aliphatic rings. The van der Waals surface area contributed by atoms with E-state index < -0.39 is 0 Å². The highest BCUT2D eigenvalue weighted by Crippen LogP contribution is 2.08. The van der Waals surface area contributed by atoms with Crippen LogP contribution in [0.5, 0.6) is 0 Å². The van der Waals surface area contributed by atoms with Crippen LogP contribution in [-0.4, -0.2) is 15.2 Å². The molecule has 0 fully saturated rings. The van der Waals surface area contributed by atoms with Gasteiger partial charge in [0, 0.05) is 0 Å². The predicted octanol–water partition coefficient (Wildman–Crippen LogP) is 0.605. The summed E-state index contributed by atoms with van der Waals surface area (Å²) in [6.07, 6.45) is 3.50. The molecule has 3 N–H and O–H groups in total. The molecular formula is C6H12N4. The van der Waals surface area contributed by atoms with Gasteiger partial charge in [0.25, 0.3) is 0 Å². The Labute approximate surface area is 59.8 Å². The number of H-pyrrole nitrogens is 1. The molecule has 0 amide bonds. The van der Waals surface area contributed by atoms with Gasteiger partial charge in [0.15, 0.2) is 0 Å². The quantitative estimate of drug-likeness (QED) is 0.646. The third-order valence-corrected chi connectivity index (χ3v) is 1.38. The van der Waals surface area contributed by atoms with Crippen LogP contribution in [0.2, 0.25) is 0 Å². The van der Waals surface area contributed by atoms with Gasteiger partial charge in [-0.2, -0.15) is 5.10 Å². The second kappa shape index (κ2) is 3.31. The summed E-state index contributed by atoms with van der Waals surface area (Å²) in [7, 11) is 0. The molecule has 0 aromatic carbocycles. The summed E-state index contributed by atoms with van der Waals surface area (Å²) in [6.45, 7) is 2.09. The van der Waals surface area contributed by atoms with Gasteiger partial charge in [0.2, 0.25) is 0 Å². The van der Waals surface area contributed by atoms with E-state index in [0.717, 1.165) is 18.7 Å². The number of rotatable bonds is 3. The SMILES string of the molecule is CCCC(N)c1ncn[nH]1. The van der Waals surface area contributed by atoms with Crippen molar-refractivity contribution in [1.82, 2.24) is 15.2 Å². The highest BCUT2D eigenvalue weighted by molar-refractivity contribution is 4.88. The van der Waals surface area contributed by atoms with Crippen LogP contribution in [0.25, 0.3) is 0 Å². The first-order chi connectivity index (χ1) is 4.84. The lowest BCUT2D eigenvalue weighted by Crippen LogP contribution is -2.11. The lowest BCUT2D eigenvalue weighted by molar-refractivity contribution is 0.604. The molecule has 1 heterocycles. The highest BCUT2D eigenvalue weighted by atomic mass is 15.2. The largest absolute Gasteiger partial charge is 0.321 e. The molecule has 1 atom stereocenters. The molecule has 0 aliphatic carbocycles. The van der Waals surface area contributed by atoms with E-state index in [9.17, 15) is 0 Å². The van der Waals surface area contributed by atoms with Crippen molar-refractivity contribution in [2.24, 2.45) is 5.73 Å². The van der Waals surface area contributed by atoms with Gasteiger partial charge >= 0.3 is 0 Å². The van der Waals surface area contributed by atoms with E-state index in [0.29, 0.717) is 0 Å². The van der Waals surface area contributed by atoms with Crippen molar-refractivity contribution < 1.29 is 0 Å². The summed E-state index contributed by atoms with van der Waals surface area (Å²) in [5, 5.41) is 6.44. The van der Waals surface area contributed by atoms with Gasteiger partial charge < -0.3 is 5.73 Å². The number of nitrogens with one attached hydrogen (secondary N) is 1. The van der Waals surface area contributed by atoms with Crippen molar-refractivity contribution >= 4 is 0 Å². The Kier molecular flexibility index (Phi) is 2.39. The zero-order valence-corrected chi connectivity index (χ0v) is 6.04. The van der Waals surface area contributed by atoms with Crippen molar-refractivity contribution in [3.8, 4) is 0 Å². The van der Waals surface area contributed by atoms with Gasteiger partial charge in [-0.3, -0.25) is 5.10 Å². The summed E-state index contributed by atoms with van der Waals surface area (Å²) in [5.41, 5.74) is 5.72. The maximum atomic E-state index is 5.72. The molecule has 1 aromatic heterocycles. The third kappa shape index (κ3) is 1.54. The Morgan fingerprint density at radius 1 is 1.80 bits per heavy atom. The lowest BCUT2D eigenvalue weighted by atomic mass is 10.2. The molecule has 0 saturated carbocycles. The smallest absolute Gasteiger partial charge is 0.141 e. The minimum atomic E-state index is 0.0208. The van der Waals surface area contributed by atoms with E-state index in [1.807, 2.05) is 0 Å². The van der Waals surface area contributed by atoms with Crippen LogP contribution in [0.1, 0.15) is 31.6 Å². The summed E-state index contributed by atoms with van der Waals surface area (Å²) in [4.78, 5) is 3.94. The van der Waals surface area contributed by atoms with E-state index in [4.69, 9.17) is 5.73 Å². The topological polar surface area (TPSA) is 67.6 Å². The predicted molar refractivity (Wildman–Crippen MR) is 38.2 cm³/mol. The molecule has 4 nitrogen and oxygen atoms in total. The zero-order chi connectivity index (χ0) is 7.40. The Morgan fingerprint density at radius 3 is 3.10 bits per heavy atom. The van der Waals surface area contributed by atoms with Crippen molar-refractivity contribution in [3.63, 3.8) is 0 Å². The maximum absolute atomic E-state index is 5.72. The first-order valence-electron chi connectivity index (χ1n) is 3.45. The summed E-state index contributed by atoms with van der Waals surface area (Å²) >= 11 is 0. The molecule has 0 radical (unpaired) electrons. The fraction of sp³-hybridized carbons (Fsp3) is 0.667. The second-order valence-corrected chi connectivity index (χ2v) is 2.27. The van der Waals surface area contributed by atoms with E-state index in [1.54, 1.807) is 0 Å². The number of nitrogens with zero attached hydrogens (tertiary/aromatic N) is 2. The van der Waals surface area contributed by atoms with Gasteiger partial charge in [-0.15, -0.1) is 0 Å². The minimum Gasteiger partial charge on any atom is -0.321 e. The monoisotopic (exact) mass is 140 g/mol. The van der Waals surface area contributed by atoms with Crippen LogP contribution < -0.4 is 5.73 Å². The van der Waals surface area contributed by atoms with E-state index in [1.165, 1.54) is 6.33 Å². The summed E-state index contributed by atoms with van der Waals surface area (Å²) < 4.78 is 0. The number of hydrogen-bond acceptors (Lipinski definition) is 3. The molecule has 0 bridgehead atoms. The molecule has 4 heteroatoms. The molecule has 1 aromatic rings. The van der Waals surface area contributed by atoms with E-state index in [2.05, 4.69) is 22.1 Å². The van der Waals surface area contributed by atoms with Crippen molar-refractivity contribution in [1.29, 1.82) is 0 Å². The normalized spacial score (nSPS) is 13.4. The Hall–Kier alpha value is -0.900. The number of aromatic nitrogens is 3. The van der Waals surface area contributed by atoms with Crippen LogP contribution in [0.4, 0.5) is 0 Å². The number of aromatic amines is 1. The van der Waals surface area contributed by atoms with Crippen LogP contribution in [0.3, 0.4) is 0 Å². The van der Waals surface area contributed by atoms with Crippen LogP contribution >= 0.6 is 0 Å². The highest BCUT2D eigenvalue weighted by Gasteiger charge is 2.05. The molecule has 1 unspecified atom stereocenters. The van der Waals surface area contributed by atoms with Crippen LogP contribution in [0.15, 0.2) is 6.33 Å². The fourth-order valence-electron chi connectivity index (χ4n) is 0.841. The summed E-state index contributed by atoms with van der Waals surface area (Å²) in [5.74, 6) is 0.779. The molecule has 1 rings (SSSR count). The van der Waals surface area contributed by atoms with E-state index in [-0.39, 0.29) is 6.04 Å². The standard InChI is InChI=1S/C6H12N4/c1-2-3-5(7)6-8-4-9-10-6/h4-5H,2-3,7H2,1H3,(H,8,9,10). The van der Waals surface area contributed by atoms with Gasteiger partial charge in [-0.1, -0.05) is 13.3 Å². The van der Waals surface area contributed by atoms with Crippen LogP contribution in [-0.2, 0) is 0 Å². The molecule has 0 spiro atoms. The first kappa shape index (κ1) is 7.21. The van der Waals surface area contributed by atoms with Crippen molar-refractivity contribution in [2.75, 3.05) is 0 Å². The van der Waals surface area contributed by atoms with Gasteiger partial charge in [-0.25, -0.2) is 4.98 Å². The first-order valence-corrected chi connectivity index (χ1v) is 3.45. The zero-order valence-electron chi connectivity index (χ0n) is 6.04. The molecular weight excluding hydrogens is 128 g/mol. The minimum absolute atomic E-state index is 0.0208. The van der Waals surface area contributed by atoms with E-state index >= 15 is 0 Å². The van der Waals surface area contributed by atoms with Gasteiger partial charge in [-0.05, 0) is 6.42 Å². The fourth-order valence-corrected chi connectivity index (χ4v) is 0.841. The molecule has 10 heavy (non-hydrogen) atoms. The third-order valence-electron chi connectivity index (χ3n) is 1.38. The summed E-state index contributed by atoms with van der Waals surface area (Å²) in [6, 6.07) is 0.0208. The van der Waals surface area contributed by atoms with Gasteiger partial charge in [0.1, 0.15) is 12.2 Å². The maximum Gasteiger partial charge on any atom is 0.141 e. The Balaban J connectivity index is 2.50. The number of nitrogens with two attached hydrogens (primary N) is 1. The molecule has 0 saturated heterocycles. The second-order valence-electron chi connectivity index (χ2n) is 2.27. The Morgan fingerprint density at radius 2 is 2.60 bits per heavy atom. The lowest BCUT2D eigenvalue weighted by Gasteiger charge is -2.03. The Bertz CT molecular complexity index is 170. The van der Waals surface area contributed by atoms with Gasteiger partial charge in [0.05, 0.1) is 6.04 Å². The average molecular weight is 140 g/mol. The molecule has 0 aliphatic heterocycles. The average Bonchev–Trinajstić information content (AvgIpc) is 2.38. The number of hydrogen-bond donors (Lipinski definition) is 2. The van der Waals surface area contributed by atoms with Crippen LogP contribution in [0, 0.1) is 0 Å². The van der Waals surface area contributed by atoms with Crippen molar-refractivity contribution in [3.05, 3.63) is 12.2 Å². The van der Waals surface area contributed by atoms with Crippen molar-refractivity contribution in [2.45, 2.75) is 25.8 Å². The molecule has 56 valence electrons.